The van der Waals surface area contributed by atoms with E-state index in [0.29, 0.717) is 29.9 Å². The number of pyridine rings is 1. The SMILES string of the molecule is C#CCOC(=O)N1C[C@@H]2C[C@H]1c1c(O)n(-c3cnc(C#N)c(C)c3)c(=O)n12. The molecule has 2 aliphatic heterocycles. The maximum atomic E-state index is 12.9. The monoisotopic (exact) mass is 365 g/mol. The molecular formula is C18H15N5O4. The van der Waals surface area contributed by atoms with Gasteiger partial charge in [0.25, 0.3) is 0 Å². The molecule has 4 rings (SSSR count). The summed E-state index contributed by atoms with van der Waals surface area (Å²) in [5.74, 6) is 1.99. The fourth-order valence-electron chi connectivity index (χ4n) is 3.87. The molecule has 9 heteroatoms. The van der Waals surface area contributed by atoms with E-state index in [4.69, 9.17) is 16.4 Å². The Kier molecular flexibility index (Phi) is 3.67. The van der Waals surface area contributed by atoms with Crippen LogP contribution in [0.4, 0.5) is 4.79 Å². The Balaban J connectivity index is 1.76. The van der Waals surface area contributed by atoms with Gasteiger partial charge in [-0.15, -0.1) is 6.42 Å². The summed E-state index contributed by atoms with van der Waals surface area (Å²) in [5, 5.41) is 19.7. The van der Waals surface area contributed by atoms with Crippen LogP contribution < -0.4 is 5.69 Å². The van der Waals surface area contributed by atoms with Gasteiger partial charge in [0.2, 0.25) is 5.88 Å². The van der Waals surface area contributed by atoms with Crippen molar-refractivity contribution >= 4 is 6.09 Å². The highest BCUT2D eigenvalue weighted by Gasteiger charge is 2.49. The van der Waals surface area contributed by atoms with Crippen molar-refractivity contribution in [2.45, 2.75) is 25.4 Å². The van der Waals surface area contributed by atoms with E-state index in [9.17, 15) is 14.7 Å². The summed E-state index contributed by atoms with van der Waals surface area (Å²) in [5.41, 5.74) is 1.17. The Bertz CT molecular complexity index is 1100. The number of imidazole rings is 1. The van der Waals surface area contributed by atoms with E-state index in [-0.39, 0.29) is 24.2 Å². The minimum Gasteiger partial charge on any atom is -0.493 e. The molecule has 2 atom stereocenters. The number of likely N-dealkylation sites (tertiary alicyclic amines) is 1. The van der Waals surface area contributed by atoms with Gasteiger partial charge in [0.15, 0.2) is 6.61 Å². The first-order valence-electron chi connectivity index (χ1n) is 8.28. The van der Waals surface area contributed by atoms with E-state index < -0.39 is 17.8 Å². The lowest BCUT2D eigenvalue weighted by Gasteiger charge is -2.26. The lowest BCUT2D eigenvalue weighted by Crippen LogP contribution is -2.38. The van der Waals surface area contributed by atoms with Gasteiger partial charge in [-0.3, -0.25) is 9.47 Å². The zero-order valence-corrected chi connectivity index (χ0v) is 14.4. The Hall–Kier alpha value is -3.72. The molecule has 0 aromatic carbocycles. The fraction of sp³-hybridized carbons (Fsp3) is 0.333. The molecule has 1 fully saturated rings. The molecule has 1 N–H and O–H groups in total. The van der Waals surface area contributed by atoms with Gasteiger partial charge >= 0.3 is 11.8 Å². The number of nitrogens with zero attached hydrogens (tertiary/aromatic N) is 5. The second kappa shape index (κ2) is 5.92. The molecule has 2 aliphatic rings. The summed E-state index contributed by atoms with van der Waals surface area (Å²) in [6, 6.07) is 2.88. The van der Waals surface area contributed by atoms with E-state index in [1.165, 1.54) is 15.7 Å². The number of rotatable bonds is 2. The van der Waals surface area contributed by atoms with Gasteiger partial charge in [-0.2, -0.15) is 5.26 Å². The number of carbonyl (C=O) groups excluding carboxylic acids is 1. The van der Waals surface area contributed by atoms with Crippen molar-refractivity contribution in [1.82, 2.24) is 19.0 Å². The van der Waals surface area contributed by atoms with Gasteiger partial charge in [-0.05, 0) is 25.0 Å². The second-order valence-electron chi connectivity index (χ2n) is 6.48. The minimum atomic E-state index is -0.567. The zero-order chi connectivity index (χ0) is 19.3. The summed E-state index contributed by atoms with van der Waals surface area (Å²) in [6.45, 7) is 1.88. The number of amides is 1. The van der Waals surface area contributed by atoms with Crippen molar-refractivity contribution in [1.29, 1.82) is 5.26 Å². The van der Waals surface area contributed by atoms with E-state index in [0.717, 1.165) is 4.57 Å². The van der Waals surface area contributed by atoms with E-state index in [1.54, 1.807) is 13.0 Å². The quantitative estimate of drug-likeness (QED) is 0.794. The molecule has 1 amide bonds. The Labute approximate surface area is 154 Å². The van der Waals surface area contributed by atoms with Crippen molar-refractivity contribution in [2.24, 2.45) is 0 Å². The third-order valence-electron chi connectivity index (χ3n) is 5.00. The summed E-state index contributed by atoms with van der Waals surface area (Å²) in [4.78, 5) is 30.6. The summed E-state index contributed by atoms with van der Waals surface area (Å²) in [6.07, 6.45) is 6.45. The average molecular weight is 365 g/mol. The molecule has 4 heterocycles. The van der Waals surface area contributed by atoms with Crippen LogP contribution in [0.25, 0.3) is 5.69 Å². The number of ether oxygens (including phenoxy) is 1. The number of hydrogen-bond acceptors (Lipinski definition) is 6. The van der Waals surface area contributed by atoms with Crippen molar-refractivity contribution in [3.05, 3.63) is 39.7 Å². The molecular weight excluding hydrogens is 350 g/mol. The molecule has 136 valence electrons. The highest BCUT2D eigenvalue weighted by atomic mass is 16.6. The van der Waals surface area contributed by atoms with Crippen molar-refractivity contribution in [3.8, 4) is 30.0 Å². The molecule has 9 nitrogen and oxygen atoms in total. The third-order valence-corrected chi connectivity index (χ3v) is 5.00. The topological polar surface area (TPSA) is 113 Å². The highest BCUT2D eigenvalue weighted by molar-refractivity contribution is 5.69. The molecule has 0 spiro atoms. The number of aromatic hydroxyl groups is 1. The van der Waals surface area contributed by atoms with Crippen molar-refractivity contribution in [2.75, 3.05) is 13.2 Å². The lowest BCUT2D eigenvalue weighted by atomic mass is 10.2. The Morgan fingerprint density at radius 2 is 2.33 bits per heavy atom. The number of carbonyl (C=O) groups is 1. The molecule has 1 saturated heterocycles. The van der Waals surface area contributed by atoms with E-state index in [1.807, 2.05) is 6.07 Å². The van der Waals surface area contributed by atoms with E-state index in [2.05, 4.69) is 10.9 Å². The Morgan fingerprint density at radius 1 is 1.56 bits per heavy atom. The average Bonchev–Trinajstić information content (AvgIpc) is 3.31. The zero-order valence-electron chi connectivity index (χ0n) is 14.4. The predicted molar refractivity (Wildman–Crippen MR) is 92.2 cm³/mol. The highest BCUT2D eigenvalue weighted by Crippen LogP contribution is 2.48. The molecule has 2 aromatic heterocycles. The third kappa shape index (κ3) is 2.29. The van der Waals surface area contributed by atoms with Gasteiger partial charge in [-0.25, -0.2) is 19.1 Å². The summed E-state index contributed by atoms with van der Waals surface area (Å²) in [7, 11) is 0. The number of hydrogen-bond donors (Lipinski definition) is 1. The standard InChI is InChI=1S/C18H15N5O4/c1-3-4-27-18(26)21-9-12-6-14(21)15-16(24)23(17(25)22(12)15)11-5-10(2)13(7-19)20-8-11/h1,5,8,12,14,24H,4,6,9H2,2H3/t12-,14-/m0/s1. The normalized spacial score (nSPS) is 19.4. The number of fused-ring (bicyclic) bond motifs is 5. The van der Waals surface area contributed by atoms with Crippen LogP contribution in [0.5, 0.6) is 5.88 Å². The number of nitriles is 1. The first-order valence-corrected chi connectivity index (χ1v) is 8.28. The summed E-state index contributed by atoms with van der Waals surface area (Å²) < 4.78 is 7.64. The van der Waals surface area contributed by atoms with Crippen LogP contribution >= 0.6 is 0 Å². The molecule has 2 aromatic rings. The Morgan fingerprint density at radius 3 is 3.00 bits per heavy atom. The predicted octanol–water partition coefficient (Wildman–Crippen LogP) is 0.991. The van der Waals surface area contributed by atoms with Crippen LogP contribution in [-0.2, 0) is 4.74 Å². The minimum absolute atomic E-state index is 0.136. The molecule has 0 radical (unpaired) electrons. The van der Waals surface area contributed by atoms with Crippen LogP contribution in [0.3, 0.4) is 0 Å². The summed E-state index contributed by atoms with van der Waals surface area (Å²) >= 11 is 0. The number of aromatic nitrogens is 3. The number of aryl methyl sites for hydroxylation is 1. The molecule has 27 heavy (non-hydrogen) atoms. The van der Waals surface area contributed by atoms with Gasteiger partial charge < -0.3 is 9.84 Å². The maximum Gasteiger partial charge on any atom is 0.411 e. The van der Waals surface area contributed by atoms with Crippen molar-refractivity contribution in [3.63, 3.8) is 0 Å². The van der Waals surface area contributed by atoms with Crippen LogP contribution in [0.2, 0.25) is 0 Å². The van der Waals surface area contributed by atoms with Gasteiger partial charge in [0.05, 0.1) is 24.0 Å². The van der Waals surface area contributed by atoms with Crippen LogP contribution in [0.15, 0.2) is 17.1 Å². The molecule has 0 unspecified atom stereocenters. The first kappa shape index (κ1) is 16.7. The maximum absolute atomic E-state index is 12.9. The van der Waals surface area contributed by atoms with Gasteiger partial charge in [0.1, 0.15) is 17.5 Å². The largest absolute Gasteiger partial charge is 0.493 e. The van der Waals surface area contributed by atoms with Crippen LogP contribution in [-0.4, -0.2) is 43.4 Å². The molecule has 0 saturated carbocycles. The second-order valence-corrected chi connectivity index (χ2v) is 6.48. The fourth-order valence-corrected chi connectivity index (χ4v) is 3.87. The van der Waals surface area contributed by atoms with E-state index >= 15 is 0 Å². The number of terminal acetylenes is 1. The molecule has 0 aliphatic carbocycles. The van der Waals surface area contributed by atoms with Crippen LogP contribution in [0.1, 0.15) is 35.5 Å². The molecule has 2 bridgehead atoms. The van der Waals surface area contributed by atoms with Gasteiger partial charge in [0, 0.05) is 6.54 Å². The van der Waals surface area contributed by atoms with Crippen molar-refractivity contribution < 1.29 is 14.6 Å². The van der Waals surface area contributed by atoms with Gasteiger partial charge in [-0.1, -0.05) is 5.92 Å². The first-order chi connectivity index (χ1) is 13.0. The van der Waals surface area contributed by atoms with Crippen LogP contribution in [0, 0.1) is 30.6 Å². The smallest absolute Gasteiger partial charge is 0.411 e. The lowest BCUT2D eigenvalue weighted by molar-refractivity contribution is 0.103.